The Kier molecular flexibility index (Phi) is 6.17. The number of hydrogen-bond acceptors (Lipinski definition) is 3. The van der Waals surface area contributed by atoms with Gasteiger partial charge >= 0.3 is 0 Å². The van der Waals surface area contributed by atoms with Crippen LogP contribution in [0.3, 0.4) is 0 Å². The van der Waals surface area contributed by atoms with E-state index in [1.807, 2.05) is 6.07 Å². The van der Waals surface area contributed by atoms with E-state index >= 15 is 0 Å². The summed E-state index contributed by atoms with van der Waals surface area (Å²) in [4.78, 5) is 0.312. The molecule has 0 radical (unpaired) electrons. The zero-order chi connectivity index (χ0) is 15.2. The standard InChI is InChI=1S/C15H25NO3S/c1-15(2,3)13-8-7-9-14(12-13)20(18,19)16-10-5-4-6-11-17/h7-9,12,16-17H,4-6,10-11H2,1-3H3. The molecule has 1 aromatic carbocycles. The molecule has 20 heavy (non-hydrogen) atoms. The fourth-order valence-corrected chi connectivity index (χ4v) is 2.95. The van der Waals surface area contributed by atoms with Gasteiger partial charge in [-0.2, -0.15) is 0 Å². The van der Waals surface area contributed by atoms with E-state index in [0.717, 1.165) is 18.4 Å². The van der Waals surface area contributed by atoms with Gasteiger partial charge in [-0.15, -0.1) is 0 Å². The topological polar surface area (TPSA) is 66.4 Å². The first kappa shape index (κ1) is 17.1. The summed E-state index contributed by atoms with van der Waals surface area (Å²) in [6, 6.07) is 7.07. The maximum Gasteiger partial charge on any atom is 0.240 e. The van der Waals surface area contributed by atoms with Crippen LogP contribution >= 0.6 is 0 Å². The molecule has 0 amide bonds. The van der Waals surface area contributed by atoms with E-state index in [1.54, 1.807) is 18.2 Å². The summed E-state index contributed by atoms with van der Waals surface area (Å²) in [5.41, 5.74) is 0.924. The molecule has 0 aliphatic carbocycles. The fraction of sp³-hybridized carbons (Fsp3) is 0.600. The number of nitrogens with one attached hydrogen (secondary N) is 1. The van der Waals surface area contributed by atoms with Crippen LogP contribution in [0.2, 0.25) is 0 Å². The Hall–Kier alpha value is -0.910. The average molecular weight is 299 g/mol. The second kappa shape index (κ2) is 7.20. The third-order valence-electron chi connectivity index (χ3n) is 3.14. The van der Waals surface area contributed by atoms with Crippen LogP contribution in [0.1, 0.15) is 45.6 Å². The van der Waals surface area contributed by atoms with Crippen molar-refractivity contribution in [3.8, 4) is 0 Å². The minimum absolute atomic E-state index is 0.0767. The third kappa shape index (κ3) is 5.23. The first-order valence-electron chi connectivity index (χ1n) is 6.98. The van der Waals surface area contributed by atoms with Crippen LogP contribution in [0.4, 0.5) is 0 Å². The van der Waals surface area contributed by atoms with Crippen molar-refractivity contribution in [2.75, 3.05) is 13.2 Å². The van der Waals surface area contributed by atoms with Crippen LogP contribution in [0, 0.1) is 0 Å². The van der Waals surface area contributed by atoms with Gasteiger partial charge in [0.15, 0.2) is 0 Å². The molecule has 0 atom stereocenters. The molecule has 5 heteroatoms. The van der Waals surface area contributed by atoms with Crippen LogP contribution in [0.5, 0.6) is 0 Å². The first-order chi connectivity index (χ1) is 9.27. The van der Waals surface area contributed by atoms with Gasteiger partial charge in [-0.25, -0.2) is 13.1 Å². The number of unbranched alkanes of at least 4 members (excludes halogenated alkanes) is 2. The lowest BCUT2D eigenvalue weighted by Gasteiger charge is -2.19. The molecule has 0 unspecified atom stereocenters. The van der Waals surface area contributed by atoms with Crippen molar-refractivity contribution >= 4 is 10.0 Å². The Bertz CT molecular complexity index is 518. The highest BCUT2D eigenvalue weighted by Gasteiger charge is 2.18. The molecule has 0 fully saturated rings. The lowest BCUT2D eigenvalue weighted by Crippen LogP contribution is -2.25. The summed E-state index contributed by atoms with van der Waals surface area (Å²) in [5.74, 6) is 0. The lowest BCUT2D eigenvalue weighted by atomic mass is 9.87. The number of rotatable bonds is 7. The Balaban J connectivity index is 2.73. The Labute approximate surface area is 122 Å². The molecule has 2 N–H and O–H groups in total. The number of sulfonamides is 1. The summed E-state index contributed by atoms with van der Waals surface area (Å²) >= 11 is 0. The molecule has 114 valence electrons. The van der Waals surface area contributed by atoms with Gasteiger partial charge in [-0.3, -0.25) is 0 Å². The second-order valence-corrected chi connectivity index (χ2v) is 7.73. The Morgan fingerprint density at radius 1 is 1.15 bits per heavy atom. The minimum Gasteiger partial charge on any atom is -0.396 e. The van der Waals surface area contributed by atoms with Gasteiger partial charge in [0.05, 0.1) is 4.90 Å². The van der Waals surface area contributed by atoms with E-state index in [-0.39, 0.29) is 12.0 Å². The maximum atomic E-state index is 12.2. The predicted octanol–water partition coefficient (Wildman–Crippen LogP) is 2.43. The van der Waals surface area contributed by atoms with E-state index in [4.69, 9.17) is 5.11 Å². The molecule has 0 saturated carbocycles. The van der Waals surface area contributed by atoms with Gasteiger partial charge in [0, 0.05) is 13.2 Å². The summed E-state index contributed by atoms with van der Waals surface area (Å²) < 4.78 is 27.0. The van der Waals surface area contributed by atoms with Crippen LogP contribution in [0.25, 0.3) is 0 Å². The molecule has 4 nitrogen and oxygen atoms in total. The molecule has 1 aromatic rings. The van der Waals surface area contributed by atoms with Crippen molar-refractivity contribution in [3.05, 3.63) is 29.8 Å². The summed E-state index contributed by atoms with van der Waals surface area (Å²) in [6.07, 6.45) is 2.26. The van der Waals surface area contributed by atoms with Gasteiger partial charge in [0.25, 0.3) is 0 Å². The maximum absolute atomic E-state index is 12.2. The molecule has 0 spiro atoms. The molecular formula is C15H25NO3S. The van der Waals surface area contributed by atoms with Crippen LogP contribution in [-0.4, -0.2) is 26.7 Å². The largest absolute Gasteiger partial charge is 0.396 e. The average Bonchev–Trinajstić information content (AvgIpc) is 2.37. The summed E-state index contributed by atoms with van der Waals surface area (Å²) in [7, 11) is -3.44. The zero-order valence-electron chi connectivity index (χ0n) is 12.5. The molecule has 0 heterocycles. The van der Waals surface area contributed by atoms with Crippen LogP contribution in [-0.2, 0) is 15.4 Å². The van der Waals surface area contributed by atoms with Crippen molar-refractivity contribution < 1.29 is 13.5 Å². The van der Waals surface area contributed by atoms with E-state index in [1.165, 1.54) is 0 Å². The van der Waals surface area contributed by atoms with E-state index < -0.39 is 10.0 Å². The monoisotopic (exact) mass is 299 g/mol. The summed E-state index contributed by atoms with van der Waals surface area (Å²) in [5, 5.41) is 8.67. The van der Waals surface area contributed by atoms with Gasteiger partial charge in [-0.05, 0) is 42.4 Å². The summed E-state index contributed by atoms with van der Waals surface area (Å²) in [6.45, 7) is 6.73. The van der Waals surface area contributed by atoms with Gasteiger partial charge in [0.1, 0.15) is 0 Å². The lowest BCUT2D eigenvalue weighted by molar-refractivity contribution is 0.283. The van der Waals surface area contributed by atoms with Crippen molar-refractivity contribution in [2.24, 2.45) is 0 Å². The van der Waals surface area contributed by atoms with Gasteiger partial charge in [-0.1, -0.05) is 32.9 Å². The molecule has 1 rings (SSSR count). The highest BCUT2D eigenvalue weighted by molar-refractivity contribution is 7.89. The van der Waals surface area contributed by atoms with E-state index in [2.05, 4.69) is 25.5 Å². The Morgan fingerprint density at radius 3 is 2.45 bits per heavy atom. The van der Waals surface area contributed by atoms with Gasteiger partial charge in [0.2, 0.25) is 10.0 Å². The molecular weight excluding hydrogens is 274 g/mol. The number of hydrogen-bond donors (Lipinski definition) is 2. The van der Waals surface area contributed by atoms with E-state index in [0.29, 0.717) is 17.9 Å². The van der Waals surface area contributed by atoms with Crippen molar-refractivity contribution in [2.45, 2.75) is 50.3 Å². The number of aliphatic hydroxyl groups excluding tert-OH is 1. The van der Waals surface area contributed by atoms with Crippen molar-refractivity contribution in [3.63, 3.8) is 0 Å². The highest BCUT2D eigenvalue weighted by atomic mass is 32.2. The van der Waals surface area contributed by atoms with Gasteiger partial charge < -0.3 is 5.11 Å². The van der Waals surface area contributed by atoms with Crippen LogP contribution < -0.4 is 4.72 Å². The third-order valence-corrected chi connectivity index (χ3v) is 4.60. The normalized spacial score (nSPS) is 12.6. The molecule has 0 saturated heterocycles. The molecule has 0 aliphatic rings. The highest BCUT2D eigenvalue weighted by Crippen LogP contribution is 2.24. The SMILES string of the molecule is CC(C)(C)c1cccc(S(=O)(=O)NCCCCCO)c1. The predicted molar refractivity (Wildman–Crippen MR) is 81.3 cm³/mol. The second-order valence-electron chi connectivity index (χ2n) is 5.96. The smallest absolute Gasteiger partial charge is 0.240 e. The quantitative estimate of drug-likeness (QED) is 0.760. The Morgan fingerprint density at radius 2 is 1.85 bits per heavy atom. The van der Waals surface area contributed by atoms with Crippen LogP contribution in [0.15, 0.2) is 29.2 Å². The zero-order valence-corrected chi connectivity index (χ0v) is 13.3. The first-order valence-corrected chi connectivity index (χ1v) is 8.47. The minimum atomic E-state index is -3.44. The molecule has 0 aliphatic heterocycles. The van der Waals surface area contributed by atoms with Crippen molar-refractivity contribution in [1.29, 1.82) is 0 Å². The molecule has 0 aromatic heterocycles. The van der Waals surface area contributed by atoms with Crippen molar-refractivity contribution in [1.82, 2.24) is 4.72 Å². The van der Waals surface area contributed by atoms with E-state index in [9.17, 15) is 8.42 Å². The fourth-order valence-electron chi connectivity index (χ4n) is 1.83. The number of aliphatic hydroxyl groups is 1. The number of benzene rings is 1. The molecule has 0 bridgehead atoms.